The number of carboxylic acids is 1. The lowest BCUT2D eigenvalue weighted by Crippen LogP contribution is -2.29. The van der Waals surface area contributed by atoms with Gasteiger partial charge in [0.2, 0.25) is 0 Å². The summed E-state index contributed by atoms with van der Waals surface area (Å²) in [7, 11) is 0. The Morgan fingerprint density at radius 2 is 2.08 bits per heavy atom. The van der Waals surface area contributed by atoms with E-state index < -0.39 is 5.97 Å². The van der Waals surface area contributed by atoms with Gasteiger partial charge >= 0.3 is 5.97 Å². The van der Waals surface area contributed by atoms with E-state index in [1.165, 1.54) is 0 Å². The Balaban J connectivity index is 1.55. The van der Waals surface area contributed by atoms with E-state index in [1.54, 1.807) is 17.3 Å². The molecule has 1 amide bonds. The summed E-state index contributed by atoms with van der Waals surface area (Å²) in [5.74, 6) is -1.26. The SMILES string of the molecule is O=C(O)C[C@H]1CN(C(=O)c2cnc3c(c2)CCCC3)C[C@H]1c1cn[nH]n1. The molecule has 1 saturated heterocycles. The lowest BCUT2D eigenvalue weighted by Gasteiger charge is -2.19. The Kier molecular flexibility index (Phi) is 4.40. The number of rotatable bonds is 4. The standard InChI is InChI=1S/C18H21N5O3/c24-17(25)6-13-9-23(10-14(13)16-8-20-22-21-16)18(26)12-5-11-3-1-2-4-15(11)19-7-12/h5,7-8,13-14H,1-4,6,9-10H2,(H,24,25)(H,20,21,22)/t13-,14+/m0/s1. The third-order valence-corrected chi connectivity index (χ3v) is 5.40. The average molecular weight is 355 g/mol. The molecule has 2 aromatic rings. The van der Waals surface area contributed by atoms with E-state index in [0.29, 0.717) is 24.3 Å². The second-order valence-electron chi connectivity index (χ2n) is 7.11. The molecule has 2 aliphatic rings. The molecular weight excluding hydrogens is 334 g/mol. The minimum atomic E-state index is -0.867. The molecule has 1 aliphatic carbocycles. The van der Waals surface area contributed by atoms with Gasteiger partial charge in [0.25, 0.3) is 5.91 Å². The fourth-order valence-electron chi connectivity index (χ4n) is 4.08. The number of aromatic nitrogens is 4. The van der Waals surface area contributed by atoms with Crippen molar-refractivity contribution >= 4 is 11.9 Å². The van der Waals surface area contributed by atoms with Crippen LogP contribution >= 0.6 is 0 Å². The number of fused-ring (bicyclic) bond motifs is 1. The maximum absolute atomic E-state index is 13.0. The summed E-state index contributed by atoms with van der Waals surface area (Å²) < 4.78 is 0. The minimum Gasteiger partial charge on any atom is -0.481 e. The summed E-state index contributed by atoms with van der Waals surface area (Å²) >= 11 is 0. The first-order valence-corrected chi connectivity index (χ1v) is 8.96. The van der Waals surface area contributed by atoms with Crippen molar-refractivity contribution in [2.75, 3.05) is 13.1 Å². The number of nitrogens with one attached hydrogen (secondary N) is 1. The van der Waals surface area contributed by atoms with E-state index in [0.717, 1.165) is 36.9 Å². The van der Waals surface area contributed by atoms with Gasteiger partial charge in [-0.05, 0) is 43.2 Å². The number of aryl methyl sites for hydroxylation is 2. The Hall–Kier alpha value is -2.77. The van der Waals surface area contributed by atoms with Crippen molar-refractivity contribution in [3.8, 4) is 0 Å². The van der Waals surface area contributed by atoms with Crippen LogP contribution in [-0.4, -0.2) is 55.4 Å². The van der Waals surface area contributed by atoms with Gasteiger partial charge in [-0.2, -0.15) is 15.4 Å². The molecular formula is C18H21N5O3. The Morgan fingerprint density at radius 3 is 2.85 bits per heavy atom. The van der Waals surface area contributed by atoms with Gasteiger partial charge in [0.05, 0.1) is 23.9 Å². The quantitative estimate of drug-likeness (QED) is 0.857. The van der Waals surface area contributed by atoms with Gasteiger partial charge in [0.1, 0.15) is 0 Å². The third-order valence-electron chi connectivity index (χ3n) is 5.40. The molecule has 1 aliphatic heterocycles. The van der Waals surface area contributed by atoms with Crippen LogP contribution in [0.1, 0.15) is 52.5 Å². The highest BCUT2D eigenvalue weighted by atomic mass is 16.4. The lowest BCUT2D eigenvalue weighted by molar-refractivity contribution is -0.138. The van der Waals surface area contributed by atoms with Crippen LogP contribution in [0.5, 0.6) is 0 Å². The van der Waals surface area contributed by atoms with Crippen LogP contribution in [0, 0.1) is 5.92 Å². The van der Waals surface area contributed by atoms with E-state index in [4.69, 9.17) is 0 Å². The molecule has 26 heavy (non-hydrogen) atoms. The second-order valence-corrected chi connectivity index (χ2v) is 7.11. The van der Waals surface area contributed by atoms with Crippen molar-refractivity contribution in [2.45, 2.75) is 38.0 Å². The summed E-state index contributed by atoms with van der Waals surface area (Å²) in [4.78, 5) is 30.4. The number of nitrogens with zero attached hydrogens (tertiary/aromatic N) is 4. The van der Waals surface area contributed by atoms with Crippen molar-refractivity contribution < 1.29 is 14.7 Å². The lowest BCUT2D eigenvalue weighted by atomic mass is 9.91. The topological polar surface area (TPSA) is 112 Å². The number of carbonyl (C=O) groups excluding carboxylic acids is 1. The smallest absolute Gasteiger partial charge is 0.303 e. The molecule has 0 bridgehead atoms. The van der Waals surface area contributed by atoms with Crippen LogP contribution in [0.3, 0.4) is 0 Å². The molecule has 0 spiro atoms. The van der Waals surface area contributed by atoms with Gasteiger partial charge in [-0.15, -0.1) is 0 Å². The molecule has 1 fully saturated rings. The Morgan fingerprint density at radius 1 is 1.23 bits per heavy atom. The first-order chi connectivity index (χ1) is 12.6. The van der Waals surface area contributed by atoms with Gasteiger partial charge < -0.3 is 10.0 Å². The number of likely N-dealkylation sites (tertiary alicyclic amines) is 1. The van der Waals surface area contributed by atoms with Gasteiger partial charge in [-0.25, -0.2) is 0 Å². The monoisotopic (exact) mass is 355 g/mol. The molecule has 136 valence electrons. The highest BCUT2D eigenvalue weighted by Gasteiger charge is 2.39. The molecule has 0 radical (unpaired) electrons. The van der Waals surface area contributed by atoms with Gasteiger partial charge in [-0.3, -0.25) is 14.6 Å². The molecule has 0 aromatic carbocycles. The maximum Gasteiger partial charge on any atom is 0.303 e. The number of hydrogen-bond acceptors (Lipinski definition) is 5. The first kappa shape index (κ1) is 16.7. The number of carboxylic acid groups (broad SMARTS) is 1. The summed E-state index contributed by atoms with van der Waals surface area (Å²) in [5.41, 5.74) is 3.55. The fraction of sp³-hybridized carbons (Fsp3) is 0.500. The highest BCUT2D eigenvalue weighted by molar-refractivity contribution is 5.94. The van der Waals surface area contributed by atoms with Gasteiger partial charge in [0, 0.05) is 30.9 Å². The Bertz CT molecular complexity index is 820. The third kappa shape index (κ3) is 3.18. The van der Waals surface area contributed by atoms with E-state index >= 15 is 0 Å². The Labute approximate surface area is 150 Å². The number of hydrogen-bond donors (Lipinski definition) is 2. The van der Waals surface area contributed by atoms with E-state index in [2.05, 4.69) is 20.4 Å². The predicted molar refractivity (Wildman–Crippen MR) is 91.6 cm³/mol. The molecule has 2 aromatic heterocycles. The van der Waals surface area contributed by atoms with Crippen LogP contribution in [0.15, 0.2) is 18.5 Å². The largest absolute Gasteiger partial charge is 0.481 e. The van der Waals surface area contributed by atoms with Crippen LogP contribution in [0.25, 0.3) is 0 Å². The molecule has 4 rings (SSSR count). The molecule has 8 nitrogen and oxygen atoms in total. The van der Waals surface area contributed by atoms with E-state index in [-0.39, 0.29) is 24.2 Å². The summed E-state index contributed by atoms with van der Waals surface area (Å²) in [6, 6.07) is 1.96. The highest BCUT2D eigenvalue weighted by Crippen LogP contribution is 2.34. The number of amides is 1. The van der Waals surface area contributed by atoms with Crippen molar-refractivity contribution in [3.63, 3.8) is 0 Å². The van der Waals surface area contributed by atoms with Crippen molar-refractivity contribution in [2.24, 2.45) is 5.92 Å². The van der Waals surface area contributed by atoms with Crippen molar-refractivity contribution in [1.82, 2.24) is 25.3 Å². The molecule has 0 saturated carbocycles. The zero-order valence-corrected chi connectivity index (χ0v) is 14.4. The fourth-order valence-corrected chi connectivity index (χ4v) is 4.08. The first-order valence-electron chi connectivity index (χ1n) is 8.96. The van der Waals surface area contributed by atoms with Crippen LogP contribution in [-0.2, 0) is 17.6 Å². The normalized spacial score (nSPS) is 22.2. The summed E-state index contributed by atoms with van der Waals surface area (Å²) in [5, 5.41) is 19.7. The number of aliphatic carboxylic acids is 1. The van der Waals surface area contributed by atoms with Crippen molar-refractivity contribution in [1.29, 1.82) is 0 Å². The number of aromatic amines is 1. The predicted octanol–water partition coefficient (Wildman–Crippen LogP) is 1.41. The van der Waals surface area contributed by atoms with Crippen LogP contribution < -0.4 is 0 Å². The van der Waals surface area contributed by atoms with Crippen LogP contribution in [0.4, 0.5) is 0 Å². The van der Waals surface area contributed by atoms with E-state index in [1.807, 2.05) is 6.07 Å². The summed E-state index contributed by atoms with van der Waals surface area (Å²) in [6.45, 7) is 0.847. The maximum atomic E-state index is 13.0. The minimum absolute atomic E-state index is 0.00371. The second kappa shape index (κ2) is 6.86. The van der Waals surface area contributed by atoms with Gasteiger partial charge in [0.15, 0.2) is 0 Å². The summed E-state index contributed by atoms with van der Waals surface area (Å²) in [6.07, 6.45) is 7.48. The number of H-pyrrole nitrogens is 1. The number of pyridine rings is 1. The number of carbonyl (C=O) groups is 2. The van der Waals surface area contributed by atoms with E-state index in [9.17, 15) is 14.7 Å². The van der Waals surface area contributed by atoms with Crippen LogP contribution in [0.2, 0.25) is 0 Å². The molecule has 0 unspecified atom stereocenters. The zero-order valence-electron chi connectivity index (χ0n) is 14.4. The van der Waals surface area contributed by atoms with Crippen molar-refractivity contribution in [3.05, 3.63) is 41.0 Å². The molecule has 3 heterocycles. The molecule has 2 N–H and O–H groups in total. The zero-order chi connectivity index (χ0) is 18.1. The molecule has 2 atom stereocenters. The molecule has 8 heteroatoms. The van der Waals surface area contributed by atoms with Gasteiger partial charge in [-0.1, -0.05) is 0 Å². The average Bonchev–Trinajstić information content (AvgIpc) is 3.30.